The van der Waals surface area contributed by atoms with Gasteiger partial charge in [-0.05, 0) is 18.6 Å². The third-order valence-electron chi connectivity index (χ3n) is 5.80. The van der Waals surface area contributed by atoms with E-state index in [0.29, 0.717) is 13.2 Å². The molecule has 0 aromatic heterocycles. The number of nitrogens with zero attached hydrogens (tertiary/aromatic N) is 1. The van der Waals surface area contributed by atoms with E-state index >= 15 is 0 Å². The molecule has 1 saturated heterocycles. The first-order chi connectivity index (χ1) is 14.2. The van der Waals surface area contributed by atoms with Crippen molar-refractivity contribution in [3.05, 3.63) is 65.7 Å². The summed E-state index contributed by atoms with van der Waals surface area (Å²) in [6.07, 6.45) is 0. The maximum atomic E-state index is 13.0. The molecule has 6 heteroatoms. The summed E-state index contributed by atoms with van der Waals surface area (Å²) in [4.78, 5) is 27.9. The summed E-state index contributed by atoms with van der Waals surface area (Å²) in [6.45, 7) is 2.90. The molecular formula is C23H25NO5. The summed E-state index contributed by atoms with van der Waals surface area (Å²) in [5.41, 5.74) is 2.05. The molecule has 6 nitrogen and oxygen atoms in total. The molecule has 4 rings (SSSR count). The summed E-state index contributed by atoms with van der Waals surface area (Å²) in [6, 6.07) is 16.9. The Morgan fingerprint density at radius 1 is 1.07 bits per heavy atom. The van der Waals surface area contributed by atoms with Crippen LogP contribution in [0.1, 0.15) is 24.1 Å². The second-order valence-corrected chi connectivity index (χ2v) is 7.36. The van der Waals surface area contributed by atoms with E-state index in [9.17, 15) is 9.59 Å². The van der Waals surface area contributed by atoms with Crippen molar-refractivity contribution in [3.8, 4) is 5.75 Å². The second-order valence-electron chi connectivity index (χ2n) is 7.36. The van der Waals surface area contributed by atoms with Gasteiger partial charge in [0.15, 0.2) is 0 Å². The molecular weight excluding hydrogens is 370 g/mol. The molecule has 29 heavy (non-hydrogen) atoms. The number of para-hydroxylation sites is 1. The molecule has 0 saturated carbocycles. The summed E-state index contributed by atoms with van der Waals surface area (Å²) in [7, 11) is 1.36. The van der Waals surface area contributed by atoms with Gasteiger partial charge in [-0.15, -0.1) is 0 Å². The van der Waals surface area contributed by atoms with Gasteiger partial charge >= 0.3 is 11.9 Å². The van der Waals surface area contributed by atoms with Gasteiger partial charge in [-0.3, -0.25) is 14.5 Å². The fourth-order valence-electron chi connectivity index (χ4n) is 4.64. The zero-order valence-electron chi connectivity index (χ0n) is 16.6. The zero-order chi connectivity index (χ0) is 20.4. The van der Waals surface area contributed by atoms with Crippen molar-refractivity contribution < 1.29 is 23.8 Å². The van der Waals surface area contributed by atoms with Crippen LogP contribution < -0.4 is 4.74 Å². The van der Waals surface area contributed by atoms with Crippen LogP contribution in [-0.2, 0) is 25.6 Å². The first-order valence-corrected chi connectivity index (χ1v) is 9.91. The van der Waals surface area contributed by atoms with E-state index in [1.807, 2.05) is 54.6 Å². The quantitative estimate of drug-likeness (QED) is 0.726. The lowest BCUT2D eigenvalue weighted by atomic mass is 9.83. The lowest BCUT2D eigenvalue weighted by Crippen LogP contribution is -2.44. The van der Waals surface area contributed by atoms with Gasteiger partial charge in [0.2, 0.25) is 0 Å². The molecule has 0 bridgehead atoms. The lowest BCUT2D eigenvalue weighted by Gasteiger charge is -2.34. The molecule has 2 heterocycles. The number of methoxy groups -OCH3 is 1. The van der Waals surface area contributed by atoms with Crippen molar-refractivity contribution in [2.75, 3.05) is 20.3 Å². The van der Waals surface area contributed by atoms with Gasteiger partial charge in [0.25, 0.3) is 0 Å². The Morgan fingerprint density at radius 3 is 2.52 bits per heavy atom. The molecule has 2 aliphatic rings. The molecule has 4 atom stereocenters. The van der Waals surface area contributed by atoms with Crippen molar-refractivity contribution in [1.29, 1.82) is 0 Å². The average molecular weight is 395 g/mol. The van der Waals surface area contributed by atoms with E-state index in [1.165, 1.54) is 7.11 Å². The van der Waals surface area contributed by atoms with Gasteiger partial charge < -0.3 is 14.2 Å². The van der Waals surface area contributed by atoms with E-state index in [0.717, 1.165) is 16.9 Å². The number of fused-ring (bicyclic) bond motifs is 3. The van der Waals surface area contributed by atoms with Crippen LogP contribution in [0.5, 0.6) is 5.75 Å². The summed E-state index contributed by atoms with van der Waals surface area (Å²) in [5.74, 6) is -0.862. The molecule has 152 valence electrons. The monoisotopic (exact) mass is 395 g/mol. The highest BCUT2D eigenvalue weighted by Crippen LogP contribution is 2.51. The standard InChI is InChI=1S/C23H25NO5/c1-3-28-23(26)21-19(22(25)27-2)17-14-29-18-12-8-7-11-16(18)20(17)24(21)13-15-9-5-4-6-10-15/h4-12,17,19-21H,3,13-14H2,1-2H3/t17-,19-,20-,21+/m0/s1. The highest BCUT2D eigenvalue weighted by atomic mass is 16.5. The molecule has 2 aliphatic heterocycles. The summed E-state index contributed by atoms with van der Waals surface area (Å²) >= 11 is 0. The summed E-state index contributed by atoms with van der Waals surface area (Å²) in [5, 5.41) is 0. The minimum absolute atomic E-state index is 0.140. The van der Waals surface area contributed by atoms with Gasteiger partial charge in [-0.1, -0.05) is 48.5 Å². The SMILES string of the molecule is CCOC(=O)[C@H]1[C@@H](C(=O)OC)[C@@H]2COc3ccccc3[C@@H]2N1Cc1ccccc1. The Labute approximate surface area is 170 Å². The fraction of sp³-hybridized carbons (Fsp3) is 0.391. The van der Waals surface area contributed by atoms with Gasteiger partial charge in [0.05, 0.1) is 26.2 Å². The van der Waals surface area contributed by atoms with Crippen LogP contribution in [0.4, 0.5) is 0 Å². The predicted octanol–water partition coefficient (Wildman–Crippen LogP) is 2.97. The number of ether oxygens (including phenoxy) is 3. The van der Waals surface area contributed by atoms with Gasteiger partial charge in [0, 0.05) is 24.1 Å². The lowest BCUT2D eigenvalue weighted by molar-refractivity contribution is -0.158. The number of esters is 2. The molecule has 0 radical (unpaired) electrons. The average Bonchev–Trinajstić information content (AvgIpc) is 3.08. The van der Waals surface area contributed by atoms with Crippen LogP contribution in [0.3, 0.4) is 0 Å². The number of likely N-dealkylation sites (tertiary alicyclic amines) is 1. The molecule has 1 fully saturated rings. The maximum Gasteiger partial charge on any atom is 0.324 e. The Kier molecular flexibility index (Phi) is 5.53. The number of rotatable bonds is 5. The largest absolute Gasteiger partial charge is 0.493 e. The molecule has 0 spiro atoms. The topological polar surface area (TPSA) is 65.1 Å². The van der Waals surface area contributed by atoms with Gasteiger partial charge in [-0.2, -0.15) is 0 Å². The molecule has 2 aromatic carbocycles. The molecule has 0 aliphatic carbocycles. The molecule has 0 amide bonds. The van der Waals surface area contributed by atoms with E-state index in [-0.39, 0.29) is 18.6 Å². The van der Waals surface area contributed by atoms with Gasteiger partial charge in [0.1, 0.15) is 11.8 Å². The Bertz CT molecular complexity index is 884. The fourth-order valence-corrected chi connectivity index (χ4v) is 4.64. The minimum Gasteiger partial charge on any atom is -0.493 e. The van der Waals surface area contributed by atoms with Crippen molar-refractivity contribution >= 4 is 11.9 Å². The van der Waals surface area contributed by atoms with E-state index in [4.69, 9.17) is 14.2 Å². The Morgan fingerprint density at radius 2 is 1.79 bits per heavy atom. The van der Waals surface area contributed by atoms with E-state index in [2.05, 4.69) is 4.90 Å². The van der Waals surface area contributed by atoms with Crippen LogP contribution in [0.15, 0.2) is 54.6 Å². The van der Waals surface area contributed by atoms with Crippen molar-refractivity contribution in [2.24, 2.45) is 11.8 Å². The van der Waals surface area contributed by atoms with E-state index in [1.54, 1.807) is 6.92 Å². The van der Waals surface area contributed by atoms with E-state index < -0.39 is 23.9 Å². The Hall–Kier alpha value is -2.86. The van der Waals surface area contributed by atoms with Crippen molar-refractivity contribution in [1.82, 2.24) is 4.90 Å². The highest BCUT2D eigenvalue weighted by molar-refractivity contribution is 5.86. The van der Waals surface area contributed by atoms with Crippen molar-refractivity contribution in [2.45, 2.75) is 25.6 Å². The number of carbonyl (C=O) groups is 2. The molecule has 0 unspecified atom stereocenters. The van der Waals surface area contributed by atoms with Crippen LogP contribution in [0.2, 0.25) is 0 Å². The third-order valence-corrected chi connectivity index (χ3v) is 5.80. The molecule has 0 N–H and O–H groups in total. The van der Waals surface area contributed by atoms with Crippen LogP contribution in [0, 0.1) is 11.8 Å². The van der Waals surface area contributed by atoms with Gasteiger partial charge in [-0.25, -0.2) is 0 Å². The maximum absolute atomic E-state index is 13.0. The third kappa shape index (κ3) is 3.49. The number of benzene rings is 2. The van der Waals surface area contributed by atoms with Crippen molar-refractivity contribution in [3.63, 3.8) is 0 Å². The molecule has 2 aromatic rings. The summed E-state index contributed by atoms with van der Waals surface area (Å²) < 4.78 is 16.4. The number of hydrogen-bond donors (Lipinski definition) is 0. The Balaban J connectivity index is 1.82. The second kappa shape index (κ2) is 8.25. The number of carbonyl (C=O) groups excluding carboxylic acids is 2. The number of hydrogen-bond acceptors (Lipinski definition) is 6. The van der Waals surface area contributed by atoms with Crippen LogP contribution in [-0.4, -0.2) is 43.2 Å². The smallest absolute Gasteiger partial charge is 0.324 e. The predicted molar refractivity (Wildman–Crippen MR) is 106 cm³/mol. The zero-order valence-corrected chi connectivity index (χ0v) is 16.6. The first kappa shape index (κ1) is 19.5. The normalized spacial score (nSPS) is 25.4. The highest BCUT2D eigenvalue weighted by Gasteiger charge is 2.58. The van der Waals surface area contributed by atoms with Crippen LogP contribution >= 0.6 is 0 Å². The van der Waals surface area contributed by atoms with Crippen LogP contribution in [0.25, 0.3) is 0 Å². The minimum atomic E-state index is -0.729. The first-order valence-electron chi connectivity index (χ1n) is 9.91.